The van der Waals surface area contributed by atoms with Gasteiger partial charge in [0.25, 0.3) is 0 Å². The predicted octanol–water partition coefficient (Wildman–Crippen LogP) is 2.85. The topological polar surface area (TPSA) is 49.5 Å². The molecule has 0 bridgehead atoms. The largest absolute Gasteiger partial charge is 0.396 e. The molecule has 1 rings (SSSR count). The van der Waals surface area contributed by atoms with Crippen LogP contribution in [0.25, 0.3) is 0 Å². The van der Waals surface area contributed by atoms with Crippen LogP contribution in [-0.2, 0) is 0 Å². The minimum Gasteiger partial charge on any atom is -0.396 e. The van der Waals surface area contributed by atoms with E-state index in [1.54, 1.807) is 0 Å². The van der Waals surface area contributed by atoms with Crippen LogP contribution in [0, 0.1) is 5.41 Å². The highest BCUT2D eigenvalue weighted by Crippen LogP contribution is 2.35. The third kappa shape index (κ3) is 3.75. The Morgan fingerprint density at radius 1 is 1.39 bits per heavy atom. The fraction of sp³-hybridized carbons (Fsp3) is 0.538. The van der Waals surface area contributed by atoms with Crippen LogP contribution in [-0.4, -0.2) is 25.8 Å². The van der Waals surface area contributed by atoms with Crippen LogP contribution < -0.4 is 10.6 Å². The van der Waals surface area contributed by atoms with E-state index in [0.717, 1.165) is 11.3 Å². The average molecular weight is 293 g/mol. The Morgan fingerprint density at radius 2 is 1.94 bits per heavy atom. The molecule has 1 aromatic carbocycles. The molecule has 0 saturated heterocycles. The number of rotatable bonds is 4. The minimum absolute atomic E-state index is 0. The highest BCUT2D eigenvalue weighted by Gasteiger charge is 2.28. The molecule has 3 N–H and O–H groups in total. The SMILES string of the molecule is CN(C)c1ccc([C@@H](N)C(C)(C)CO)c(Cl)c1.Cl. The van der Waals surface area contributed by atoms with Crippen LogP contribution in [0.1, 0.15) is 25.5 Å². The van der Waals surface area contributed by atoms with E-state index in [0.29, 0.717) is 5.02 Å². The van der Waals surface area contributed by atoms with E-state index >= 15 is 0 Å². The second-order valence-corrected chi connectivity index (χ2v) is 5.63. The maximum absolute atomic E-state index is 9.33. The molecule has 0 spiro atoms. The minimum atomic E-state index is -0.386. The van der Waals surface area contributed by atoms with Crippen molar-refractivity contribution in [2.24, 2.45) is 11.1 Å². The smallest absolute Gasteiger partial charge is 0.0500 e. The summed E-state index contributed by atoms with van der Waals surface area (Å²) in [4.78, 5) is 1.98. The van der Waals surface area contributed by atoms with Crippen molar-refractivity contribution < 1.29 is 5.11 Å². The Morgan fingerprint density at radius 3 is 2.33 bits per heavy atom. The Labute approximate surface area is 120 Å². The van der Waals surface area contributed by atoms with Crippen molar-refractivity contribution in [1.29, 1.82) is 0 Å². The summed E-state index contributed by atoms with van der Waals surface area (Å²) < 4.78 is 0. The fourth-order valence-corrected chi connectivity index (χ4v) is 1.86. The molecule has 0 aromatic heterocycles. The van der Waals surface area contributed by atoms with Gasteiger partial charge >= 0.3 is 0 Å². The molecule has 0 heterocycles. The first kappa shape index (κ1) is 17.5. The molecule has 1 atom stereocenters. The van der Waals surface area contributed by atoms with Crippen molar-refractivity contribution in [2.75, 3.05) is 25.6 Å². The Kier molecular flexibility index (Phi) is 6.44. The van der Waals surface area contributed by atoms with Gasteiger partial charge in [-0.2, -0.15) is 0 Å². The molecule has 0 aliphatic heterocycles. The number of nitrogens with zero attached hydrogens (tertiary/aromatic N) is 1. The van der Waals surface area contributed by atoms with Gasteiger partial charge in [-0.15, -0.1) is 12.4 Å². The molecule has 0 aliphatic carbocycles. The normalized spacial score (nSPS) is 12.8. The molecular weight excluding hydrogens is 271 g/mol. The first-order valence-corrected chi connectivity index (χ1v) is 6.00. The summed E-state index contributed by atoms with van der Waals surface area (Å²) in [7, 11) is 3.92. The second kappa shape index (κ2) is 6.62. The Bertz CT molecular complexity index is 395. The molecule has 104 valence electrons. The third-order valence-corrected chi connectivity index (χ3v) is 3.41. The van der Waals surface area contributed by atoms with E-state index in [1.165, 1.54) is 0 Å². The molecule has 1 aromatic rings. The lowest BCUT2D eigenvalue weighted by Gasteiger charge is -2.30. The van der Waals surface area contributed by atoms with Crippen molar-refractivity contribution in [3.8, 4) is 0 Å². The lowest BCUT2D eigenvalue weighted by Crippen LogP contribution is -2.32. The number of benzene rings is 1. The van der Waals surface area contributed by atoms with E-state index in [-0.39, 0.29) is 30.5 Å². The van der Waals surface area contributed by atoms with Gasteiger partial charge in [-0.3, -0.25) is 0 Å². The number of anilines is 1. The van der Waals surface area contributed by atoms with Gasteiger partial charge in [0.05, 0.1) is 0 Å². The van der Waals surface area contributed by atoms with Gasteiger partial charge < -0.3 is 15.7 Å². The summed E-state index contributed by atoms with van der Waals surface area (Å²) in [5.41, 5.74) is 7.67. The molecule has 3 nitrogen and oxygen atoms in total. The van der Waals surface area contributed by atoms with Crippen molar-refractivity contribution in [3.63, 3.8) is 0 Å². The predicted molar refractivity (Wildman–Crippen MR) is 80.8 cm³/mol. The third-order valence-electron chi connectivity index (χ3n) is 3.08. The Hall–Kier alpha value is -0.480. The molecule has 0 radical (unpaired) electrons. The zero-order valence-corrected chi connectivity index (χ0v) is 12.8. The van der Waals surface area contributed by atoms with Gasteiger partial charge in [0, 0.05) is 42.9 Å². The summed E-state index contributed by atoms with van der Waals surface area (Å²) >= 11 is 6.24. The molecule has 18 heavy (non-hydrogen) atoms. The van der Waals surface area contributed by atoms with Crippen molar-refractivity contribution in [1.82, 2.24) is 0 Å². The summed E-state index contributed by atoms with van der Waals surface area (Å²) in [6, 6.07) is 5.52. The first-order chi connectivity index (χ1) is 7.79. The molecule has 0 amide bonds. The van der Waals surface area contributed by atoms with Gasteiger partial charge in [-0.05, 0) is 17.7 Å². The zero-order chi connectivity index (χ0) is 13.2. The van der Waals surface area contributed by atoms with Gasteiger partial charge in [0.15, 0.2) is 0 Å². The number of halogens is 2. The van der Waals surface area contributed by atoms with Gasteiger partial charge in [-0.25, -0.2) is 0 Å². The van der Waals surface area contributed by atoms with Gasteiger partial charge in [0.2, 0.25) is 0 Å². The number of aliphatic hydroxyl groups is 1. The molecule has 0 saturated carbocycles. The van der Waals surface area contributed by atoms with E-state index in [1.807, 2.05) is 51.0 Å². The van der Waals surface area contributed by atoms with Crippen LogP contribution >= 0.6 is 24.0 Å². The standard InChI is InChI=1S/C13H21ClN2O.ClH/c1-13(2,8-17)12(15)10-6-5-9(16(3)4)7-11(10)14;/h5-7,12,17H,8,15H2,1-4H3;1H/t12-;/m1./s1. The molecule has 5 heteroatoms. The van der Waals surface area contributed by atoms with Crippen LogP contribution in [0.15, 0.2) is 18.2 Å². The monoisotopic (exact) mass is 292 g/mol. The number of nitrogens with two attached hydrogens (primary N) is 1. The highest BCUT2D eigenvalue weighted by molar-refractivity contribution is 6.31. The number of aliphatic hydroxyl groups excluding tert-OH is 1. The second-order valence-electron chi connectivity index (χ2n) is 5.22. The summed E-state index contributed by atoms with van der Waals surface area (Å²) in [6.45, 7) is 3.88. The van der Waals surface area contributed by atoms with Crippen molar-refractivity contribution in [2.45, 2.75) is 19.9 Å². The van der Waals surface area contributed by atoms with Crippen LogP contribution in [0.5, 0.6) is 0 Å². The molecule has 0 aliphatic rings. The fourth-order valence-electron chi connectivity index (χ4n) is 1.57. The van der Waals surface area contributed by atoms with Crippen molar-refractivity contribution in [3.05, 3.63) is 28.8 Å². The van der Waals surface area contributed by atoms with E-state index in [2.05, 4.69) is 0 Å². The van der Waals surface area contributed by atoms with Crippen LogP contribution in [0.3, 0.4) is 0 Å². The maximum Gasteiger partial charge on any atom is 0.0500 e. The molecular formula is C13H22Cl2N2O. The summed E-state index contributed by atoms with van der Waals surface area (Å²) in [6.07, 6.45) is 0. The molecule has 0 unspecified atom stereocenters. The van der Waals surface area contributed by atoms with Crippen molar-refractivity contribution >= 4 is 29.7 Å². The lowest BCUT2D eigenvalue weighted by molar-refractivity contribution is 0.132. The summed E-state index contributed by atoms with van der Waals surface area (Å²) in [5.74, 6) is 0. The lowest BCUT2D eigenvalue weighted by atomic mass is 9.82. The van der Waals surface area contributed by atoms with E-state index in [9.17, 15) is 5.11 Å². The quantitative estimate of drug-likeness (QED) is 0.897. The van der Waals surface area contributed by atoms with E-state index < -0.39 is 0 Å². The van der Waals surface area contributed by atoms with Crippen LogP contribution in [0.4, 0.5) is 5.69 Å². The number of hydrogen-bond acceptors (Lipinski definition) is 3. The summed E-state index contributed by atoms with van der Waals surface area (Å²) in [5, 5.41) is 9.97. The number of hydrogen-bond donors (Lipinski definition) is 2. The first-order valence-electron chi connectivity index (χ1n) is 5.63. The average Bonchev–Trinajstić information content (AvgIpc) is 2.27. The zero-order valence-electron chi connectivity index (χ0n) is 11.3. The van der Waals surface area contributed by atoms with Gasteiger partial charge in [-0.1, -0.05) is 31.5 Å². The van der Waals surface area contributed by atoms with Crippen LogP contribution in [0.2, 0.25) is 5.02 Å². The van der Waals surface area contributed by atoms with Gasteiger partial charge in [0.1, 0.15) is 0 Å². The maximum atomic E-state index is 9.33. The molecule has 0 fully saturated rings. The Balaban J connectivity index is 0.00000289. The highest BCUT2D eigenvalue weighted by atomic mass is 35.5. The van der Waals surface area contributed by atoms with E-state index in [4.69, 9.17) is 17.3 Å².